The van der Waals surface area contributed by atoms with Gasteiger partial charge in [0.05, 0.1) is 6.61 Å². The van der Waals surface area contributed by atoms with Gasteiger partial charge in [-0.15, -0.1) is 11.3 Å². The average Bonchev–Trinajstić information content (AvgIpc) is 3.28. The number of aliphatic hydroxyl groups excluding tert-OH is 1. The first kappa shape index (κ1) is 16.9. The third-order valence-corrected chi connectivity index (χ3v) is 5.56. The monoisotopic (exact) mass is 385 g/mol. The Balaban J connectivity index is 1.59. The standard InChI is InChI=1S/C18H15N3O3S2/c22-6-5-21-9-11-7-10(1-3-13(11)17(21)24)15-4-2-12(26-15)8-14-16(23)20-18(25)19-14/h1-4,7-8,22H,5-6,9H2,(H2,19,20,23,25)/b14-8-. The fourth-order valence-corrected chi connectivity index (χ4v) is 4.20. The molecule has 0 atom stereocenters. The number of carbonyl (C=O) groups is 2. The number of carbonyl (C=O) groups excluding carboxylic acids is 2. The van der Waals surface area contributed by atoms with Gasteiger partial charge in [-0.25, -0.2) is 0 Å². The second-order valence-electron chi connectivity index (χ2n) is 5.99. The van der Waals surface area contributed by atoms with Crippen LogP contribution in [0.25, 0.3) is 16.5 Å². The van der Waals surface area contributed by atoms with Crippen molar-refractivity contribution < 1.29 is 14.7 Å². The van der Waals surface area contributed by atoms with E-state index >= 15 is 0 Å². The van der Waals surface area contributed by atoms with E-state index in [1.165, 1.54) is 0 Å². The van der Waals surface area contributed by atoms with Crippen LogP contribution in [0.3, 0.4) is 0 Å². The van der Waals surface area contributed by atoms with Crippen LogP contribution in [0.5, 0.6) is 0 Å². The van der Waals surface area contributed by atoms with Gasteiger partial charge in [0, 0.05) is 28.4 Å². The summed E-state index contributed by atoms with van der Waals surface area (Å²) in [6.07, 6.45) is 1.77. The Morgan fingerprint density at radius 3 is 2.81 bits per heavy atom. The summed E-state index contributed by atoms with van der Waals surface area (Å²) in [5.41, 5.74) is 3.12. The van der Waals surface area contributed by atoms with Crippen LogP contribution in [0.15, 0.2) is 36.0 Å². The maximum absolute atomic E-state index is 12.2. The summed E-state index contributed by atoms with van der Waals surface area (Å²) in [7, 11) is 0. The van der Waals surface area contributed by atoms with Gasteiger partial charge in [-0.1, -0.05) is 6.07 Å². The minimum absolute atomic E-state index is 0.0357. The zero-order chi connectivity index (χ0) is 18.3. The lowest BCUT2D eigenvalue weighted by atomic mass is 10.1. The zero-order valence-corrected chi connectivity index (χ0v) is 15.2. The van der Waals surface area contributed by atoms with E-state index in [-0.39, 0.29) is 18.4 Å². The van der Waals surface area contributed by atoms with Crippen molar-refractivity contribution >= 4 is 46.6 Å². The Morgan fingerprint density at radius 2 is 2.08 bits per heavy atom. The minimum atomic E-state index is -0.232. The van der Waals surface area contributed by atoms with Crippen LogP contribution >= 0.6 is 23.6 Å². The molecule has 0 aliphatic carbocycles. The lowest BCUT2D eigenvalue weighted by molar-refractivity contribution is -0.115. The number of aliphatic hydroxyl groups is 1. The summed E-state index contributed by atoms with van der Waals surface area (Å²) in [5.74, 6) is -0.267. The molecule has 0 radical (unpaired) electrons. The van der Waals surface area contributed by atoms with Crippen LogP contribution in [0, 0.1) is 0 Å². The number of nitrogens with one attached hydrogen (secondary N) is 2. The van der Waals surface area contributed by atoms with Gasteiger partial charge in [0.15, 0.2) is 5.11 Å². The van der Waals surface area contributed by atoms with Crippen molar-refractivity contribution in [2.24, 2.45) is 0 Å². The number of hydrogen-bond acceptors (Lipinski definition) is 5. The van der Waals surface area contributed by atoms with Crippen molar-refractivity contribution in [2.45, 2.75) is 6.54 Å². The fraction of sp³-hybridized carbons (Fsp3) is 0.167. The zero-order valence-electron chi connectivity index (χ0n) is 13.6. The van der Waals surface area contributed by atoms with Crippen LogP contribution < -0.4 is 10.6 Å². The molecule has 132 valence electrons. The Bertz CT molecular complexity index is 964. The highest BCUT2D eigenvalue weighted by molar-refractivity contribution is 7.80. The van der Waals surface area contributed by atoms with Gasteiger partial charge in [0.25, 0.3) is 11.8 Å². The molecule has 4 rings (SSSR count). The summed E-state index contributed by atoms with van der Waals surface area (Å²) < 4.78 is 0. The SMILES string of the molecule is O=C1NC(=S)N/C1=C\c1ccc(-c2ccc3c(c2)CN(CCO)C3=O)s1. The molecule has 0 unspecified atom stereocenters. The summed E-state index contributed by atoms with van der Waals surface area (Å²) >= 11 is 6.48. The van der Waals surface area contributed by atoms with E-state index in [2.05, 4.69) is 10.6 Å². The number of nitrogens with zero attached hydrogens (tertiary/aromatic N) is 1. The topological polar surface area (TPSA) is 81.7 Å². The molecular formula is C18H15N3O3S2. The Morgan fingerprint density at radius 1 is 1.23 bits per heavy atom. The molecule has 0 bridgehead atoms. The lowest BCUT2D eigenvalue weighted by Gasteiger charge is -2.12. The Kier molecular flexibility index (Phi) is 4.31. The molecule has 1 saturated heterocycles. The molecular weight excluding hydrogens is 370 g/mol. The highest BCUT2D eigenvalue weighted by Gasteiger charge is 2.27. The van der Waals surface area contributed by atoms with Crippen LogP contribution in [0.2, 0.25) is 0 Å². The van der Waals surface area contributed by atoms with Gasteiger partial charge in [0.1, 0.15) is 5.70 Å². The number of thiophene rings is 1. The van der Waals surface area contributed by atoms with Crippen LogP contribution in [-0.4, -0.2) is 40.1 Å². The minimum Gasteiger partial charge on any atom is -0.395 e. The van der Waals surface area contributed by atoms with Gasteiger partial charge < -0.3 is 15.3 Å². The van der Waals surface area contributed by atoms with E-state index in [0.29, 0.717) is 29.5 Å². The van der Waals surface area contributed by atoms with E-state index in [1.54, 1.807) is 22.3 Å². The van der Waals surface area contributed by atoms with Gasteiger partial charge in [-0.2, -0.15) is 0 Å². The highest BCUT2D eigenvalue weighted by Crippen LogP contribution is 2.33. The van der Waals surface area contributed by atoms with Crippen LogP contribution in [0.1, 0.15) is 20.8 Å². The van der Waals surface area contributed by atoms with E-state index < -0.39 is 0 Å². The molecule has 2 aliphatic heterocycles. The number of amides is 2. The quantitative estimate of drug-likeness (QED) is 0.551. The predicted octanol–water partition coefficient (Wildman–Crippen LogP) is 1.71. The maximum atomic E-state index is 12.2. The van der Waals surface area contributed by atoms with E-state index in [0.717, 1.165) is 20.9 Å². The van der Waals surface area contributed by atoms with Crippen LogP contribution in [-0.2, 0) is 11.3 Å². The van der Waals surface area contributed by atoms with Crippen LogP contribution in [0.4, 0.5) is 0 Å². The number of thiocarbonyl (C=S) groups is 1. The van der Waals surface area contributed by atoms with Gasteiger partial charge >= 0.3 is 0 Å². The number of β-amino-alcohol motifs (C(OH)–C–C–N with tert-alkyl or cyclic N) is 1. The lowest BCUT2D eigenvalue weighted by Crippen LogP contribution is -2.26. The number of hydrogen-bond donors (Lipinski definition) is 3. The predicted molar refractivity (Wildman–Crippen MR) is 103 cm³/mol. The smallest absolute Gasteiger partial charge is 0.273 e. The van der Waals surface area contributed by atoms with E-state index in [4.69, 9.17) is 17.3 Å². The molecule has 8 heteroatoms. The average molecular weight is 385 g/mol. The van der Waals surface area contributed by atoms with Crippen molar-refractivity contribution in [1.82, 2.24) is 15.5 Å². The highest BCUT2D eigenvalue weighted by atomic mass is 32.1. The molecule has 3 heterocycles. The first-order chi connectivity index (χ1) is 12.5. The van der Waals surface area contributed by atoms with Gasteiger partial charge in [-0.05, 0) is 53.7 Å². The molecule has 2 amide bonds. The number of benzene rings is 1. The Labute approximate surface area is 159 Å². The fourth-order valence-electron chi connectivity index (χ4n) is 3.05. The first-order valence-electron chi connectivity index (χ1n) is 8.02. The molecule has 6 nitrogen and oxygen atoms in total. The molecule has 26 heavy (non-hydrogen) atoms. The Hall–Kier alpha value is -2.55. The van der Waals surface area contributed by atoms with Crippen molar-refractivity contribution in [1.29, 1.82) is 0 Å². The van der Waals surface area contributed by atoms with Gasteiger partial charge in [-0.3, -0.25) is 14.9 Å². The van der Waals surface area contributed by atoms with E-state index in [1.807, 2.05) is 30.3 Å². The largest absolute Gasteiger partial charge is 0.395 e. The molecule has 3 N–H and O–H groups in total. The normalized spacial score (nSPS) is 17.7. The van der Waals surface area contributed by atoms with Crippen molar-refractivity contribution in [3.8, 4) is 10.4 Å². The molecule has 1 fully saturated rings. The third kappa shape index (κ3) is 3.03. The second kappa shape index (κ2) is 6.64. The third-order valence-electron chi connectivity index (χ3n) is 4.27. The molecule has 0 saturated carbocycles. The first-order valence-corrected chi connectivity index (χ1v) is 9.25. The molecule has 2 aromatic rings. The second-order valence-corrected chi connectivity index (χ2v) is 7.51. The van der Waals surface area contributed by atoms with Crippen molar-refractivity contribution in [2.75, 3.05) is 13.2 Å². The van der Waals surface area contributed by atoms with Crippen molar-refractivity contribution in [3.05, 3.63) is 52.0 Å². The van der Waals surface area contributed by atoms with E-state index in [9.17, 15) is 9.59 Å². The van der Waals surface area contributed by atoms with Crippen molar-refractivity contribution in [3.63, 3.8) is 0 Å². The maximum Gasteiger partial charge on any atom is 0.273 e. The molecule has 1 aromatic carbocycles. The summed E-state index contributed by atoms with van der Waals surface area (Å²) in [6.45, 7) is 0.823. The molecule has 0 spiro atoms. The summed E-state index contributed by atoms with van der Waals surface area (Å²) in [6, 6.07) is 9.72. The van der Waals surface area contributed by atoms with Gasteiger partial charge in [0.2, 0.25) is 0 Å². The number of rotatable bonds is 4. The number of fused-ring (bicyclic) bond motifs is 1. The summed E-state index contributed by atoms with van der Waals surface area (Å²) in [4.78, 5) is 27.6. The summed E-state index contributed by atoms with van der Waals surface area (Å²) in [5, 5.41) is 14.8. The molecule has 2 aliphatic rings. The molecule has 1 aromatic heterocycles.